The lowest BCUT2D eigenvalue weighted by Gasteiger charge is -2.32. The van der Waals surface area contributed by atoms with Crippen molar-refractivity contribution in [3.63, 3.8) is 0 Å². The van der Waals surface area contributed by atoms with E-state index in [-0.39, 0.29) is 23.9 Å². The Balaban J connectivity index is 1.53. The van der Waals surface area contributed by atoms with Gasteiger partial charge < -0.3 is 20.1 Å². The second kappa shape index (κ2) is 11.7. The van der Waals surface area contributed by atoms with Crippen molar-refractivity contribution in [1.29, 1.82) is 0 Å². The summed E-state index contributed by atoms with van der Waals surface area (Å²) in [6.07, 6.45) is 10.3. The minimum atomic E-state index is -0.166. The molecule has 0 heterocycles. The minimum Gasteiger partial charge on any atom is -0.497 e. The van der Waals surface area contributed by atoms with E-state index < -0.39 is 0 Å². The molecule has 2 aromatic rings. The predicted octanol–water partition coefficient (Wildman–Crippen LogP) is 3.97. The van der Waals surface area contributed by atoms with Crippen molar-refractivity contribution in [3.8, 4) is 11.5 Å². The highest BCUT2D eigenvalue weighted by atomic mass is 16.5. The Kier molecular flexibility index (Phi) is 8.49. The number of ether oxygens (including phenoxy) is 2. The lowest BCUT2D eigenvalue weighted by molar-refractivity contribution is -0.120. The van der Waals surface area contributed by atoms with E-state index >= 15 is 0 Å². The standard InChI is InChI=1S/C26H30N2O4/c1-31-21-13-7-19(8-14-21)11-17-25(29)27-23-5-3-4-6-24(23)28-26(30)18-12-20-9-15-22(32-2)16-10-20/h7-18,23-24H,3-6H2,1-2H3,(H,27,29)(H,28,30)/b17-11+,18-12+/t23-,24+. The van der Waals surface area contributed by atoms with Crippen LogP contribution in [-0.2, 0) is 9.59 Å². The number of amides is 2. The molecule has 2 aromatic carbocycles. The predicted molar refractivity (Wildman–Crippen MR) is 126 cm³/mol. The number of hydrogen-bond donors (Lipinski definition) is 2. The zero-order valence-corrected chi connectivity index (χ0v) is 18.5. The van der Waals surface area contributed by atoms with E-state index in [0.717, 1.165) is 48.3 Å². The number of carbonyl (C=O) groups is 2. The maximum atomic E-state index is 12.4. The molecule has 1 fully saturated rings. The molecule has 32 heavy (non-hydrogen) atoms. The highest BCUT2D eigenvalue weighted by Gasteiger charge is 2.26. The number of rotatable bonds is 8. The highest BCUT2D eigenvalue weighted by molar-refractivity contribution is 5.93. The molecule has 2 amide bonds. The summed E-state index contributed by atoms with van der Waals surface area (Å²) in [6, 6.07) is 14.8. The first kappa shape index (κ1) is 23.1. The molecule has 2 atom stereocenters. The topological polar surface area (TPSA) is 76.7 Å². The van der Waals surface area contributed by atoms with E-state index in [1.807, 2.05) is 48.5 Å². The first-order valence-electron chi connectivity index (χ1n) is 10.8. The summed E-state index contributed by atoms with van der Waals surface area (Å²) in [4.78, 5) is 24.9. The summed E-state index contributed by atoms with van der Waals surface area (Å²) < 4.78 is 10.3. The van der Waals surface area contributed by atoms with Crippen LogP contribution in [0.2, 0.25) is 0 Å². The molecule has 6 nitrogen and oxygen atoms in total. The molecule has 0 radical (unpaired) electrons. The summed E-state index contributed by atoms with van der Waals surface area (Å²) in [5, 5.41) is 6.10. The molecule has 0 aromatic heterocycles. The monoisotopic (exact) mass is 434 g/mol. The van der Waals surface area contributed by atoms with Crippen molar-refractivity contribution in [2.45, 2.75) is 37.8 Å². The maximum Gasteiger partial charge on any atom is 0.244 e. The Morgan fingerprint density at radius 3 is 1.44 bits per heavy atom. The zero-order chi connectivity index (χ0) is 22.8. The van der Waals surface area contributed by atoms with Crippen molar-refractivity contribution >= 4 is 24.0 Å². The Labute approximate surface area is 189 Å². The summed E-state index contributed by atoms with van der Waals surface area (Å²) in [5.41, 5.74) is 1.83. The van der Waals surface area contributed by atoms with E-state index in [0.29, 0.717) is 0 Å². The van der Waals surface area contributed by atoms with E-state index in [1.165, 1.54) is 12.2 Å². The van der Waals surface area contributed by atoms with Gasteiger partial charge in [0, 0.05) is 24.2 Å². The molecular formula is C26H30N2O4. The van der Waals surface area contributed by atoms with Gasteiger partial charge in [0.25, 0.3) is 0 Å². The number of nitrogens with one attached hydrogen (secondary N) is 2. The van der Waals surface area contributed by atoms with Crippen molar-refractivity contribution < 1.29 is 19.1 Å². The molecule has 1 saturated carbocycles. The first-order chi connectivity index (χ1) is 15.6. The van der Waals surface area contributed by atoms with Crippen LogP contribution in [0.3, 0.4) is 0 Å². The van der Waals surface area contributed by atoms with Crippen LogP contribution in [0.15, 0.2) is 60.7 Å². The van der Waals surface area contributed by atoms with Crippen LogP contribution in [-0.4, -0.2) is 38.1 Å². The molecule has 168 valence electrons. The van der Waals surface area contributed by atoms with E-state index in [1.54, 1.807) is 26.4 Å². The molecule has 0 saturated heterocycles. The lowest BCUT2D eigenvalue weighted by Crippen LogP contribution is -2.52. The van der Waals surface area contributed by atoms with Gasteiger partial charge >= 0.3 is 0 Å². The maximum absolute atomic E-state index is 12.4. The van der Waals surface area contributed by atoms with Gasteiger partial charge in [-0.2, -0.15) is 0 Å². The number of methoxy groups -OCH3 is 2. The normalized spacial score (nSPS) is 18.4. The molecule has 0 bridgehead atoms. The SMILES string of the molecule is COc1ccc(/C=C/C(=O)N[C@H]2CCCC[C@H]2NC(=O)/C=C/c2ccc(OC)cc2)cc1. The molecule has 2 N–H and O–H groups in total. The second-order valence-corrected chi connectivity index (χ2v) is 7.73. The summed E-state index contributed by atoms with van der Waals surface area (Å²) in [5.74, 6) is 1.21. The quantitative estimate of drug-likeness (QED) is 0.617. The molecule has 3 rings (SSSR count). The van der Waals surface area contributed by atoms with Gasteiger partial charge in [0.1, 0.15) is 11.5 Å². The van der Waals surface area contributed by atoms with Crippen LogP contribution < -0.4 is 20.1 Å². The van der Waals surface area contributed by atoms with Gasteiger partial charge in [-0.3, -0.25) is 9.59 Å². The van der Waals surface area contributed by atoms with Crippen molar-refractivity contribution in [3.05, 3.63) is 71.8 Å². The van der Waals surface area contributed by atoms with Gasteiger partial charge in [0.2, 0.25) is 11.8 Å². The van der Waals surface area contributed by atoms with Crippen LogP contribution in [0.25, 0.3) is 12.2 Å². The van der Waals surface area contributed by atoms with Crippen molar-refractivity contribution in [1.82, 2.24) is 10.6 Å². The second-order valence-electron chi connectivity index (χ2n) is 7.73. The van der Waals surface area contributed by atoms with E-state index in [4.69, 9.17) is 9.47 Å². The van der Waals surface area contributed by atoms with Crippen LogP contribution >= 0.6 is 0 Å². The van der Waals surface area contributed by atoms with Gasteiger partial charge in [0.05, 0.1) is 14.2 Å². The van der Waals surface area contributed by atoms with Crippen LogP contribution in [0.4, 0.5) is 0 Å². The smallest absolute Gasteiger partial charge is 0.244 e. The number of carbonyl (C=O) groups excluding carboxylic acids is 2. The fourth-order valence-electron chi connectivity index (χ4n) is 3.71. The Hall–Kier alpha value is -3.54. The molecule has 6 heteroatoms. The van der Waals surface area contributed by atoms with E-state index in [9.17, 15) is 9.59 Å². The Bertz CT molecular complexity index is 869. The van der Waals surface area contributed by atoms with Crippen LogP contribution in [0.5, 0.6) is 11.5 Å². The van der Waals surface area contributed by atoms with Gasteiger partial charge in [-0.05, 0) is 60.4 Å². The minimum absolute atomic E-state index is 0.0879. The van der Waals surface area contributed by atoms with Crippen molar-refractivity contribution in [2.24, 2.45) is 0 Å². The fourth-order valence-corrected chi connectivity index (χ4v) is 3.71. The molecule has 1 aliphatic carbocycles. The average Bonchev–Trinajstić information content (AvgIpc) is 2.83. The molecule has 0 aliphatic heterocycles. The molecular weight excluding hydrogens is 404 g/mol. The van der Waals surface area contributed by atoms with Gasteiger partial charge in [-0.15, -0.1) is 0 Å². The Morgan fingerprint density at radius 1 is 0.719 bits per heavy atom. The van der Waals surface area contributed by atoms with Crippen LogP contribution in [0, 0.1) is 0 Å². The molecule has 0 unspecified atom stereocenters. The first-order valence-corrected chi connectivity index (χ1v) is 10.8. The van der Waals surface area contributed by atoms with Gasteiger partial charge in [-0.1, -0.05) is 37.1 Å². The van der Waals surface area contributed by atoms with Gasteiger partial charge in [0.15, 0.2) is 0 Å². The highest BCUT2D eigenvalue weighted by Crippen LogP contribution is 2.19. The zero-order valence-electron chi connectivity index (χ0n) is 18.5. The third-order valence-electron chi connectivity index (χ3n) is 5.51. The Morgan fingerprint density at radius 2 is 1.09 bits per heavy atom. The van der Waals surface area contributed by atoms with Crippen molar-refractivity contribution in [2.75, 3.05) is 14.2 Å². The fraction of sp³-hybridized carbons (Fsp3) is 0.308. The van der Waals surface area contributed by atoms with Crippen LogP contribution in [0.1, 0.15) is 36.8 Å². The number of benzene rings is 2. The molecule has 0 spiro atoms. The third kappa shape index (κ3) is 7.01. The van der Waals surface area contributed by atoms with E-state index in [2.05, 4.69) is 10.6 Å². The average molecular weight is 435 g/mol. The summed E-state index contributed by atoms with van der Waals surface area (Å²) in [7, 11) is 3.24. The summed E-state index contributed by atoms with van der Waals surface area (Å²) in [6.45, 7) is 0. The molecule has 1 aliphatic rings. The van der Waals surface area contributed by atoms with Gasteiger partial charge in [-0.25, -0.2) is 0 Å². The number of hydrogen-bond acceptors (Lipinski definition) is 4. The lowest BCUT2D eigenvalue weighted by atomic mass is 9.90. The summed E-state index contributed by atoms with van der Waals surface area (Å²) >= 11 is 0. The largest absolute Gasteiger partial charge is 0.497 e. The third-order valence-corrected chi connectivity index (χ3v) is 5.51.